The third-order valence-corrected chi connectivity index (χ3v) is 7.05. The first-order valence-electron chi connectivity index (χ1n) is 9.83. The second-order valence-corrected chi connectivity index (χ2v) is 8.48. The molecule has 3 heteroatoms. The lowest BCUT2D eigenvalue weighted by molar-refractivity contribution is 0.949. The van der Waals surface area contributed by atoms with Crippen molar-refractivity contribution in [2.24, 2.45) is 0 Å². The topological polar surface area (TPSA) is 15.3 Å². The van der Waals surface area contributed by atoms with Crippen molar-refractivity contribution in [2.45, 2.75) is 45.4 Å². The Hall–Kier alpha value is -2.13. The van der Waals surface area contributed by atoms with Gasteiger partial charge in [-0.1, -0.05) is 30.3 Å². The van der Waals surface area contributed by atoms with Gasteiger partial charge in [0.1, 0.15) is 0 Å². The van der Waals surface area contributed by atoms with E-state index in [2.05, 4.69) is 79.8 Å². The Morgan fingerprint density at radius 3 is 2.11 bits per heavy atom. The van der Waals surface area contributed by atoms with Crippen molar-refractivity contribution in [3.8, 4) is 0 Å². The molecule has 0 unspecified atom stereocenters. The van der Waals surface area contributed by atoms with Gasteiger partial charge in [-0.05, 0) is 86.9 Å². The molecule has 0 saturated carbocycles. The van der Waals surface area contributed by atoms with Crippen LogP contribution in [0.4, 0.5) is 11.4 Å². The summed E-state index contributed by atoms with van der Waals surface area (Å²) in [5.41, 5.74) is 8.02. The smallest absolute Gasteiger partial charge is 0.0523 e. The van der Waals surface area contributed by atoms with Crippen molar-refractivity contribution in [1.82, 2.24) is 0 Å². The Labute approximate surface area is 167 Å². The molecule has 140 valence electrons. The monoisotopic (exact) mass is 376 g/mol. The third-order valence-electron chi connectivity index (χ3n) is 5.91. The molecule has 0 radical (unpaired) electrons. The summed E-state index contributed by atoms with van der Waals surface area (Å²) >= 11 is 1.74. The van der Waals surface area contributed by atoms with Crippen LogP contribution in [0.1, 0.15) is 35.1 Å². The van der Waals surface area contributed by atoms with E-state index in [0.29, 0.717) is 0 Å². The fourth-order valence-corrected chi connectivity index (χ4v) is 5.06. The van der Waals surface area contributed by atoms with Crippen LogP contribution in [0.15, 0.2) is 47.4 Å². The van der Waals surface area contributed by atoms with Crippen LogP contribution < -0.4 is 9.62 Å². The number of nitrogens with one attached hydrogen (secondary N) is 1. The van der Waals surface area contributed by atoms with Gasteiger partial charge in [-0.3, -0.25) is 0 Å². The zero-order valence-corrected chi connectivity index (χ0v) is 17.5. The van der Waals surface area contributed by atoms with Gasteiger partial charge >= 0.3 is 0 Å². The van der Waals surface area contributed by atoms with E-state index in [-0.39, 0.29) is 0 Å². The van der Waals surface area contributed by atoms with E-state index < -0.39 is 0 Å². The molecule has 4 rings (SSSR count). The fourth-order valence-electron chi connectivity index (χ4n) is 4.05. The Bertz CT molecular complexity index is 961. The van der Waals surface area contributed by atoms with Crippen molar-refractivity contribution < 1.29 is 0 Å². The Morgan fingerprint density at radius 2 is 1.44 bits per heavy atom. The van der Waals surface area contributed by atoms with Gasteiger partial charge in [-0.15, -0.1) is 0 Å². The Kier molecular flexibility index (Phi) is 5.05. The molecular weight excluding hydrogens is 348 g/mol. The summed E-state index contributed by atoms with van der Waals surface area (Å²) in [5.74, 6) is 0. The average molecular weight is 377 g/mol. The Morgan fingerprint density at radius 1 is 0.815 bits per heavy atom. The molecule has 0 atom stereocenters. The van der Waals surface area contributed by atoms with E-state index in [9.17, 15) is 0 Å². The molecule has 3 aromatic rings. The Balaban J connectivity index is 1.69. The number of nitrogens with zero attached hydrogens (tertiary/aromatic N) is 1. The number of fused-ring (bicyclic) bond motifs is 1. The fraction of sp³-hybridized carbons (Fsp3) is 0.333. The van der Waals surface area contributed by atoms with Gasteiger partial charge in [0, 0.05) is 34.4 Å². The maximum absolute atomic E-state index is 3.66. The highest BCUT2D eigenvalue weighted by Gasteiger charge is 2.16. The molecule has 1 N–H and O–H groups in total. The van der Waals surface area contributed by atoms with Crippen molar-refractivity contribution in [3.05, 3.63) is 64.7 Å². The van der Waals surface area contributed by atoms with Gasteiger partial charge in [-0.25, -0.2) is 0 Å². The molecule has 0 aliphatic carbocycles. The second-order valence-electron chi connectivity index (χ2n) is 7.67. The van der Waals surface area contributed by atoms with Gasteiger partial charge in [0.15, 0.2) is 0 Å². The van der Waals surface area contributed by atoms with E-state index in [1.165, 1.54) is 75.2 Å². The SMILES string of the molecule is Cc1cc(C)c(C)c(SNc2ccc(N3CCCC3)c3ccccc23)c1C. The van der Waals surface area contributed by atoms with Crippen LogP contribution in [0.25, 0.3) is 10.8 Å². The third kappa shape index (κ3) is 3.41. The van der Waals surface area contributed by atoms with Gasteiger partial charge in [-0.2, -0.15) is 0 Å². The molecule has 1 saturated heterocycles. The lowest BCUT2D eigenvalue weighted by Gasteiger charge is -2.22. The van der Waals surface area contributed by atoms with Crippen LogP contribution in [-0.4, -0.2) is 13.1 Å². The first-order valence-corrected chi connectivity index (χ1v) is 10.6. The quantitative estimate of drug-likeness (QED) is 0.504. The minimum atomic E-state index is 1.17. The molecule has 1 heterocycles. The molecule has 0 bridgehead atoms. The van der Waals surface area contributed by atoms with E-state index in [1.54, 1.807) is 11.9 Å². The van der Waals surface area contributed by atoms with Gasteiger partial charge in [0.05, 0.1) is 5.69 Å². The summed E-state index contributed by atoms with van der Waals surface area (Å²) in [6.45, 7) is 11.2. The van der Waals surface area contributed by atoms with E-state index in [0.717, 1.165) is 0 Å². The highest BCUT2D eigenvalue weighted by Crippen LogP contribution is 2.37. The first-order chi connectivity index (χ1) is 13.1. The molecule has 2 nitrogen and oxygen atoms in total. The predicted molar refractivity (Wildman–Crippen MR) is 120 cm³/mol. The molecule has 0 spiro atoms. The molecule has 0 amide bonds. The molecule has 27 heavy (non-hydrogen) atoms. The molecule has 1 aliphatic heterocycles. The summed E-state index contributed by atoms with van der Waals surface area (Å²) in [7, 11) is 0. The first kappa shape index (κ1) is 18.2. The van der Waals surface area contributed by atoms with Gasteiger partial charge in [0.25, 0.3) is 0 Å². The largest absolute Gasteiger partial charge is 0.371 e. The average Bonchev–Trinajstić information content (AvgIpc) is 3.21. The molecule has 1 fully saturated rings. The van der Waals surface area contributed by atoms with Gasteiger partial charge < -0.3 is 9.62 Å². The number of rotatable bonds is 4. The van der Waals surface area contributed by atoms with Crippen LogP contribution in [0.2, 0.25) is 0 Å². The number of hydrogen-bond donors (Lipinski definition) is 1. The minimum Gasteiger partial charge on any atom is -0.371 e. The van der Waals surface area contributed by atoms with Crippen molar-refractivity contribution >= 4 is 34.1 Å². The van der Waals surface area contributed by atoms with Crippen LogP contribution in [0.5, 0.6) is 0 Å². The lowest BCUT2D eigenvalue weighted by Crippen LogP contribution is -2.17. The van der Waals surface area contributed by atoms with Crippen LogP contribution >= 0.6 is 11.9 Å². The lowest BCUT2D eigenvalue weighted by atomic mass is 10.0. The van der Waals surface area contributed by atoms with E-state index >= 15 is 0 Å². The highest BCUT2D eigenvalue weighted by atomic mass is 32.2. The van der Waals surface area contributed by atoms with E-state index in [1.807, 2.05) is 0 Å². The van der Waals surface area contributed by atoms with Crippen LogP contribution in [0.3, 0.4) is 0 Å². The normalized spacial score (nSPS) is 14.1. The van der Waals surface area contributed by atoms with Crippen LogP contribution in [0, 0.1) is 27.7 Å². The zero-order valence-electron chi connectivity index (χ0n) is 16.7. The summed E-state index contributed by atoms with van der Waals surface area (Å²) in [6, 6.07) is 15.6. The number of anilines is 2. The summed E-state index contributed by atoms with van der Waals surface area (Å²) in [6.07, 6.45) is 2.60. The summed E-state index contributed by atoms with van der Waals surface area (Å²) in [4.78, 5) is 3.87. The number of benzene rings is 3. The van der Waals surface area contributed by atoms with E-state index in [4.69, 9.17) is 0 Å². The minimum absolute atomic E-state index is 1.17. The molecule has 0 aromatic heterocycles. The maximum Gasteiger partial charge on any atom is 0.0523 e. The summed E-state index contributed by atoms with van der Waals surface area (Å²) < 4.78 is 3.66. The molecule has 1 aliphatic rings. The maximum atomic E-state index is 3.66. The highest BCUT2D eigenvalue weighted by molar-refractivity contribution is 8.00. The number of aryl methyl sites for hydroxylation is 2. The molecule has 3 aromatic carbocycles. The van der Waals surface area contributed by atoms with Crippen molar-refractivity contribution in [2.75, 3.05) is 22.7 Å². The predicted octanol–water partition coefficient (Wildman–Crippen LogP) is 6.79. The zero-order chi connectivity index (χ0) is 19.0. The van der Waals surface area contributed by atoms with Crippen LogP contribution in [-0.2, 0) is 0 Å². The molecular formula is C24H28N2S. The van der Waals surface area contributed by atoms with Crippen molar-refractivity contribution in [1.29, 1.82) is 0 Å². The number of hydrogen-bond acceptors (Lipinski definition) is 3. The van der Waals surface area contributed by atoms with Crippen molar-refractivity contribution in [3.63, 3.8) is 0 Å². The summed E-state index contributed by atoms with van der Waals surface area (Å²) in [5, 5.41) is 2.65. The second kappa shape index (κ2) is 7.47. The van der Waals surface area contributed by atoms with Gasteiger partial charge in [0.2, 0.25) is 0 Å². The standard InChI is InChI=1S/C24H28N2S/c1-16-15-17(2)19(4)24(18(16)3)27-25-22-11-12-23(26-13-7-8-14-26)21-10-6-5-9-20(21)22/h5-6,9-12,15,25H,7-8,13-14H2,1-4H3.